The molecule has 0 heterocycles. The number of aliphatic hydroxyl groups is 2. The molecular weight excluding hydrogens is 258 g/mol. The smallest absolute Gasteiger partial charge is 0.476 e. The Balaban J connectivity index is 5.26. The van der Waals surface area contributed by atoms with E-state index in [1.807, 2.05) is 0 Å². The largest absolute Gasteiger partial charge is 0.479 e. The second-order valence-corrected chi connectivity index (χ2v) is 5.79. The van der Waals surface area contributed by atoms with Gasteiger partial charge < -0.3 is 30.0 Å². The monoisotopic (exact) mass is 266 g/mol. The molecule has 0 aromatic heterocycles. The molecule has 0 aliphatic rings. The number of aliphatic hydroxyl groups excluding tert-OH is 1. The standard InChI is InChI=1S/C3H8O10P2/c4-1-3(7,2(5)6)14(8,9)13-15(10,11)12/h4,7H,1H2,(H,5,6)(H,8,9)(H2,10,11,12). The summed E-state index contributed by atoms with van der Waals surface area (Å²) in [5, 5.41) is 22.0. The zero-order valence-electron chi connectivity index (χ0n) is 6.92. The number of rotatable bonds is 5. The van der Waals surface area contributed by atoms with E-state index >= 15 is 0 Å². The molecule has 0 aliphatic carbocycles. The summed E-state index contributed by atoms with van der Waals surface area (Å²) in [5.41, 5.74) is 0. The molecule has 12 heteroatoms. The highest BCUT2D eigenvalue weighted by Gasteiger charge is 2.57. The van der Waals surface area contributed by atoms with Gasteiger partial charge in [0, 0.05) is 0 Å². The van der Waals surface area contributed by atoms with Crippen molar-refractivity contribution < 1.29 is 48.2 Å². The predicted octanol–water partition coefficient (Wildman–Crippen LogP) is -1.95. The van der Waals surface area contributed by atoms with Crippen LogP contribution in [0.4, 0.5) is 0 Å². The molecule has 15 heavy (non-hydrogen) atoms. The van der Waals surface area contributed by atoms with Gasteiger partial charge in [-0.05, 0) is 0 Å². The van der Waals surface area contributed by atoms with Gasteiger partial charge in [0.1, 0.15) is 0 Å². The van der Waals surface area contributed by atoms with Crippen molar-refractivity contribution in [2.75, 3.05) is 6.61 Å². The van der Waals surface area contributed by atoms with Gasteiger partial charge in [-0.2, -0.15) is 0 Å². The van der Waals surface area contributed by atoms with Crippen molar-refractivity contribution in [3.05, 3.63) is 0 Å². The Hall–Kier alpha value is -0.310. The van der Waals surface area contributed by atoms with Crippen LogP contribution in [0.5, 0.6) is 0 Å². The lowest BCUT2D eigenvalue weighted by atomic mass is 10.4. The Morgan fingerprint density at radius 3 is 1.87 bits per heavy atom. The number of carboxylic acids is 1. The lowest BCUT2D eigenvalue weighted by Gasteiger charge is -2.25. The maximum absolute atomic E-state index is 11.0. The van der Waals surface area contributed by atoms with Crippen LogP contribution in [-0.4, -0.2) is 47.9 Å². The van der Waals surface area contributed by atoms with Crippen LogP contribution in [0.2, 0.25) is 0 Å². The normalized spacial score (nSPS) is 20.3. The maximum Gasteiger partial charge on any atom is 0.476 e. The Kier molecular flexibility index (Phi) is 4.19. The molecule has 0 rings (SSSR count). The zero-order valence-corrected chi connectivity index (χ0v) is 8.71. The van der Waals surface area contributed by atoms with Crippen LogP contribution in [0, 0.1) is 0 Å². The van der Waals surface area contributed by atoms with Gasteiger partial charge in [0.05, 0.1) is 6.61 Å². The Labute approximate surface area is 82.5 Å². The van der Waals surface area contributed by atoms with Crippen molar-refractivity contribution in [3.8, 4) is 0 Å². The number of aliphatic carboxylic acids is 1. The topological polar surface area (TPSA) is 182 Å². The van der Waals surface area contributed by atoms with E-state index in [2.05, 4.69) is 4.31 Å². The second-order valence-electron chi connectivity index (χ2n) is 2.37. The van der Waals surface area contributed by atoms with Crippen LogP contribution < -0.4 is 0 Å². The summed E-state index contributed by atoms with van der Waals surface area (Å²) in [6, 6.07) is 0. The van der Waals surface area contributed by atoms with Gasteiger partial charge in [-0.25, -0.2) is 13.7 Å². The first-order chi connectivity index (χ1) is 6.46. The molecule has 0 aromatic carbocycles. The van der Waals surface area contributed by atoms with Gasteiger partial charge in [0.2, 0.25) is 0 Å². The molecule has 0 fully saturated rings. The number of hydrogen-bond donors (Lipinski definition) is 6. The van der Waals surface area contributed by atoms with E-state index in [9.17, 15) is 13.9 Å². The maximum atomic E-state index is 11.0. The Morgan fingerprint density at radius 1 is 1.27 bits per heavy atom. The molecule has 0 aromatic rings. The van der Waals surface area contributed by atoms with Crippen LogP contribution in [-0.2, 0) is 18.2 Å². The molecule has 0 bridgehead atoms. The van der Waals surface area contributed by atoms with E-state index in [-0.39, 0.29) is 0 Å². The average Bonchev–Trinajstić information content (AvgIpc) is 1.97. The molecule has 0 aliphatic heterocycles. The molecule has 0 radical (unpaired) electrons. The molecule has 10 nitrogen and oxygen atoms in total. The fourth-order valence-electron chi connectivity index (χ4n) is 0.490. The first-order valence-corrected chi connectivity index (χ1v) is 6.23. The summed E-state index contributed by atoms with van der Waals surface area (Å²) < 4.78 is 24.4. The summed E-state index contributed by atoms with van der Waals surface area (Å²) in [5.74, 6) is -2.36. The van der Waals surface area contributed by atoms with E-state index in [1.54, 1.807) is 0 Å². The molecular formula is C3H8O10P2. The molecule has 90 valence electrons. The highest BCUT2D eigenvalue weighted by Crippen LogP contribution is 2.63. The average molecular weight is 266 g/mol. The summed E-state index contributed by atoms with van der Waals surface area (Å²) in [6.45, 7) is -1.75. The lowest BCUT2D eigenvalue weighted by molar-refractivity contribution is -0.154. The quantitative estimate of drug-likeness (QED) is 0.305. The van der Waals surface area contributed by atoms with E-state index in [0.717, 1.165) is 0 Å². The minimum absolute atomic E-state index is 1.75. The van der Waals surface area contributed by atoms with Gasteiger partial charge in [0.25, 0.3) is 5.34 Å². The molecule has 2 atom stereocenters. The highest BCUT2D eigenvalue weighted by atomic mass is 31.3. The van der Waals surface area contributed by atoms with Crippen molar-refractivity contribution in [3.63, 3.8) is 0 Å². The van der Waals surface area contributed by atoms with Crippen LogP contribution in [0.3, 0.4) is 0 Å². The van der Waals surface area contributed by atoms with E-state index in [4.69, 9.17) is 30.0 Å². The van der Waals surface area contributed by atoms with Gasteiger partial charge in [0.15, 0.2) is 0 Å². The zero-order chi connectivity index (χ0) is 12.5. The van der Waals surface area contributed by atoms with Gasteiger partial charge in [-0.3, -0.25) is 4.57 Å². The molecule has 0 amide bonds. The Bertz CT molecular complexity index is 343. The minimum atomic E-state index is -5.65. The van der Waals surface area contributed by atoms with Crippen LogP contribution in [0.25, 0.3) is 0 Å². The fraction of sp³-hybridized carbons (Fsp3) is 0.667. The number of carbonyl (C=O) groups is 1. The van der Waals surface area contributed by atoms with E-state index in [0.29, 0.717) is 0 Å². The molecule has 0 spiro atoms. The van der Waals surface area contributed by atoms with Crippen LogP contribution in [0.15, 0.2) is 0 Å². The van der Waals surface area contributed by atoms with Crippen molar-refractivity contribution in [2.24, 2.45) is 0 Å². The summed E-state index contributed by atoms with van der Waals surface area (Å²) in [6.07, 6.45) is 0. The molecule has 2 unspecified atom stereocenters. The van der Waals surface area contributed by atoms with Crippen LogP contribution in [0.1, 0.15) is 0 Å². The summed E-state index contributed by atoms with van der Waals surface area (Å²) >= 11 is 0. The third-order valence-electron chi connectivity index (χ3n) is 1.25. The van der Waals surface area contributed by atoms with Crippen molar-refractivity contribution in [1.29, 1.82) is 0 Å². The number of carboxylic acid groups (broad SMARTS) is 1. The SMILES string of the molecule is O=C(O)C(O)(CO)P(=O)(O)OP(=O)(O)O. The second kappa shape index (κ2) is 4.28. The minimum Gasteiger partial charge on any atom is -0.479 e. The number of phosphoric acid groups is 1. The summed E-state index contributed by atoms with van der Waals surface area (Å²) in [7, 11) is -11.1. The summed E-state index contributed by atoms with van der Waals surface area (Å²) in [4.78, 5) is 35.4. The van der Waals surface area contributed by atoms with Crippen molar-refractivity contribution in [2.45, 2.75) is 5.34 Å². The van der Waals surface area contributed by atoms with Gasteiger partial charge >= 0.3 is 21.4 Å². The Morgan fingerprint density at radius 2 is 1.67 bits per heavy atom. The molecule has 0 saturated heterocycles. The van der Waals surface area contributed by atoms with Crippen molar-refractivity contribution >= 4 is 21.4 Å². The van der Waals surface area contributed by atoms with Gasteiger partial charge in [-0.15, -0.1) is 0 Å². The molecule has 6 N–H and O–H groups in total. The van der Waals surface area contributed by atoms with E-state index < -0.39 is 33.3 Å². The lowest BCUT2D eigenvalue weighted by Crippen LogP contribution is -2.42. The third-order valence-corrected chi connectivity index (χ3v) is 4.25. The van der Waals surface area contributed by atoms with Crippen molar-refractivity contribution in [1.82, 2.24) is 0 Å². The first-order valence-electron chi connectivity index (χ1n) is 3.13. The first kappa shape index (κ1) is 14.7. The third kappa shape index (κ3) is 3.33. The van der Waals surface area contributed by atoms with Crippen LogP contribution >= 0.6 is 15.4 Å². The predicted molar refractivity (Wildman–Crippen MR) is 42.6 cm³/mol. The fourth-order valence-corrected chi connectivity index (χ4v) is 2.60. The highest BCUT2D eigenvalue weighted by molar-refractivity contribution is 7.65. The molecule has 0 saturated carbocycles. The van der Waals surface area contributed by atoms with Gasteiger partial charge in [-0.1, -0.05) is 0 Å². The number of hydrogen-bond acceptors (Lipinski definition) is 6. The van der Waals surface area contributed by atoms with E-state index in [1.165, 1.54) is 0 Å².